The van der Waals surface area contributed by atoms with E-state index in [9.17, 15) is 12.8 Å². The molecule has 1 atom stereocenters. The van der Waals surface area contributed by atoms with Gasteiger partial charge in [-0.2, -0.15) is 0 Å². The first kappa shape index (κ1) is 13.9. The molecule has 0 bridgehead atoms. The number of anilines is 1. The highest BCUT2D eigenvalue weighted by Gasteiger charge is 2.21. The van der Waals surface area contributed by atoms with Crippen molar-refractivity contribution in [3.63, 3.8) is 0 Å². The number of nitrogens with two attached hydrogens (primary N) is 1. The van der Waals surface area contributed by atoms with E-state index in [1.165, 1.54) is 19.9 Å². The number of aliphatic hydroxyl groups is 1. The van der Waals surface area contributed by atoms with E-state index in [1.54, 1.807) is 0 Å². The summed E-state index contributed by atoms with van der Waals surface area (Å²) >= 11 is 0. The van der Waals surface area contributed by atoms with Gasteiger partial charge in [0.25, 0.3) is 0 Å². The lowest BCUT2D eigenvalue weighted by Gasteiger charge is -2.14. The number of hydrogen-bond donors (Lipinski definition) is 3. The average molecular weight is 262 g/mol. The molecule has 0 aliphatic heterocycles. The first-order chi connectivity index (χ1) is 7.77. The smallest absolute Gasteiger partial charge is 0.241 e. The summed E-state index contributed by atoms with van der Waals surface area (Å²) in [5.41, 5.74) is 5.44. The molecule has 0 saturated heterocycles. The molecule has 0 amide bonds. The molecule has 17 heavy (non-hydrogen) atoms. The van der Waals surface area contributed by atoms with E-state index in [4.69, 9.17) is 10.8 Å². The van der Waals surface area contributed by atoms with Crippen LogP contribution in [0.3, 0.4) is 0 Å². The third-order valence-electron chi connectivity index (χ3n) is 2.24. The Bertz CT molecular complexity index is 517. The van der Waals surface area contributed by atoms with Gasteiger partial charge >= 0.3 is 0 Å². The van der Waals surface area contributed by atoms with Gasteiger partial charge in [-0.05, 0) is 26.0 Å². The Morgan fingerprint density at radius 3 is 2.65 bits per heavy atom. The van der Waals surface area contributed by atoms with E-state index in [0.29, 0.717) is 0 Å². The fraction of sp³-hybridized carbons (Fsp3) is 0.400. The summed E-state index contributed by atoms with van der Waals surface area (Å²) in [6.45, 7) is 2.51. The monoisotopic (exact) mass is 262 g/mol. The molecule has 0 aromatic heterocycles. The van der Waals surface area contributed by atoms with Crippen molar-refractivity contribution in [2.24, 2.45) is 0 Å². The van der Waals surface area contributed by atoms with Crippen molar-refractivity contribution in [1.82, 2.24) is 4.72 Å². The van der Waals surface area contributed by atoms with E-state index in [2.05, 4.69) is 4.72 Å². The van der Waals surface area contributed by atoms with Crippen LogP contribution in [0.5, 0.6) is 0 Å². The maximum absolute atomic E-state index is 13.4. The molecule has 1 aromatic rings. The summed E-state index contributed by atoms with van der Waals surface area (Å²) in [5.74, 6) is -0.679. The zero-order chi connectivity index (χ0) is 13.2. The van der Waals surface area contributed by atoms with E-state index in [-0.39, 0.29) is 22.8 Å². The zero-order valence-electron chi connectivity index (χ0n) is 9.57. The molecular formula is C10H15FN2O3S. The van der Waals surface area contributed by atoms with Gasteiger partial charge in [0.2, 0.25) is 10.0 Å². The summed E-state index contributed by atoms with van der Waals surface area (Å²) in [6.07, 6.45) is 0. The Balaban J connectivity index is 3.24. The van der Waals surface area contributed by atoms with Gasteiger partial charge in [0.1, 0.15) is 5.82 Å². The lowest BCUT2D eigenvalue weighted by molar-refractivity contribution is 0.265. The normalized spacial score (nSPS) is 13.6. The van der Waals surface area contributed by atoms with Crippen LogP contribution in [0.25, 0.3) is 0 Å². The number of halogens is 1. The van der Waals surface area contributed by atoms with Crippen molar-refractivity contribution in [2.45, 2.75) is 24.8 Å². The predicted octanol–water partition coefficient (Wildman–Crippen LogP) is 0.375. The van der Waals surface area contributed by atoms with Crippen molar-refractivity contribution in [1.29, 1.82) is 0 Å². The van der Waals surface area contributed by atoms with Crippen LogP contribution in [-0.2, 0) is 10.0 Å². The van der Waals surface area contributed by atoms with Crippen molar-refractivity contribution in [2.75, 3.05) is 12.3 Å². The molecule has 0 fully saturated rings. The van der Waals surface area contributed by atoms with Crippen LogP contribution in [0.1, 0.15) is 12.5 Å². The summed E-state index contributed by atoms with van der Waals surface area (Å²) in [6, 6.07) is 1.60. The van der Waals surface area contributed by atoms with Gasteiger partial charge in [0, 0.05) is 17.3 Å². The second kappa shape index (κ2) is 4.99. The predicted molar refractivity (Wildman–Crippen MR) is 62.4 cm³/mol. The maximum Gasteiger partial charge on any atom is 0.241 e. The SMILES string of the molecule is Cc1c(F)cc(N)cc1S(=O)(=O)N[C@H](C)CO. The Labute approximate surface area is 99.5 Å². The van der Waals surface area contributed by atoms with Crippen LogP contribution in [0, 0.1) is 12.7 Å². The number of hydrogen-bond acceptors (Lipinski definition) is 4. The van der Waals surface area contributed by atoms with Crippen molar-refractivity contribution < 1.29 is 17.9 Å². The van der Waals surface area contributed by atoms with Crippen molar-refractivity contribution in [3.05, 3.63) is 23.5 Å². The molecule has 0 unspecified atom stereocenters. The second-order valence-corrected chi connectivity index (χ2v) is 5.51. The van der Waals surface area contributed by atoms with Crippen molar-refractivity contribution >= 4 is 15.7 Å². The Morgan fingerprint density at radius 1 is 1.53 bits per heavy atom. The molecule has 0 heterocycles. The van der Waals surface area contributed by atoms with Crippen molar-refractivity contribution in [3.8, 4) is 0 Å². The first-order valence-electron chi connectivity index (χ1n) is 4.96. The quantitative estimate of drug-likeness (QED) is 0.684. The third kappa shape index (κ3) is 3.15. The zero-order valence-corrected chi connectivity index (χ0v) is 10.4. The lowest BCUT2D eigenvalue weighted by atomic mass is 10.2. The molecule has 5 nitrogen and oxygen atoms in total. The van der Waals surface area contributed by atoms with Gasteiger partial charge in [0.05, 0.1) is 11.5 Å². The highest BCUT2D eigenvalue weighted by atomic mass is 32.2. The maximum atomic E-state index is 13.4. The fourth-order valence-corrected chi connectivity index (χ4v) is 2.84. The Morgan fingerprint density at radius 2 is 2.12 bits per heavy atom. The van der Waals surface area contributed by atoms with Gasteiger partial charge < -0.3 is 10.8 Å². The molecule has 96 valence electrons. The molecule has 0 aliphatic rings. The van der Waals surface area contributed by atoms with Crippen LogP contribution in [0.4, 0.5) is 10.1 Å². The molecule has 0 aliphatic carbocycles. The average Bonchev–Trinajstić information content (AvgIpc) is 2.22. The fourth-order valence-electron chi connectivity index (χ4n) is 1.32. The second-order valence-electron chi connectivity index (χ2n) is 3.83. The summed E-state index contributed by atoms with van der Waals surface area (Å²) in [5, 5.41) is 8.80. The number of sulfonamides is 1. The Kier molecular flexibility index (Phi) is 4.07. The highest BCUT2D eigenvalue weighted by Crippen LogP contribution is 2.21. The van der Waals surface area contributed by atoms with Crippen LogP contribution in [0.2, 0.25) is 0 Å². The number of rotatable bonds is 4. The highest BCUT2D eigenvalue weighted by molar-refractivity contribution is 7.89. The van der Waals surface area contributed by atoms with Gasteiger partial charge in [-0.15, -0.1) is 0 Å². The number of nitrogens with one attached hydrogen (secondary N) is 1. The van der Waals surface area contributed by atoms with E-state index < -0.39 is 21.9 Å². The van der Waals surface area contributed by atoms with Crippen LogP contribution < -0.4 is 10.5 Å². The van der Waals surface area contributed by atoms with Crippen LogP contribution in [-0.4, -0.2) is 26.2 Å². The Hall–Kier alpha value is -1.18. The third-order valence-corrected chi connectivity index (χ3v) is 3.95. The van der Waals surface area contributed by atoms with E-state index in [1.807, 2.05) is 0 Å². The molecule has 7 heteroatoms. The van der Waals surface area contributed by atoms with E-state index >= 15 is 0 Å². The molecule has 0 radical (unpaired) electrons. The molecular weight excluding hydrogens is 247 g/mol. The van der Waals surface area contributed by atoms with E-state index in [0.717, 1.165) is 6.07 Å². The number of nitrogen functional groups attached to an aromatic ring is 1. The minimum absolute atomic E-state index is 0.00293. The van der Waals surface area contributed by atoms with Gasteiger partial charge in [0.15, 0.2) is 0 Å². The number of aliphatic hydroxyl groups excluding tert-OH is 1. The first-order valence-corrected chi connectivity index (χ1v) is 6.45. The minimum Gasteiger partial charge on any atom is -0.399 e. The molecule has 1 rings (SSSR count). The van der Waals surface area contributed by atoms with Gasteiger partial charge in [-0.3, -0.25) is 0 Å². The molecule has 0 saturated carbocycles. The molecule has 4 N–H and O–H groups in total. The standard InChI is InChI=1S/C10H15FN2O3S/c1-6(5-14)13-17(15,16)10-4-8(12)3-9(11)7(10)2/h3-4,6,13-14H,5,12H2,1-2H3/t6-/m1/s1. The van der Waals surface area contributed by atoms with Gasteiger partial charge in [-0.25, -0.2) is 17.5 Å². The summed E-state index contributed by atoms with van der Waals surface area (Å²) in [4.78, 5) is -0.213. The summed E-state index contributed by atoms with van der Waals surface area (Å²) < 4.78 is 39.4. The lowest BCUT2D eigenvalue weighted by Crippen LogP contribution is -2.35. The van der Waals surface area contributed by atoms with Crippen LogP contribution in [0.15, 0.2) is 17.0 Å². The van der Waals surface area contributed by atoms with Gasteiger partial charge in [-0.1, -0.05) is 0 Å². The molecule has 1 aromatic carbocycles. The largest absolute Gasteiger partial charge is 0.399 e. The topological polar surface area (TPSA) is 92.4 Å². The number of benzene rings is 1. The summed E-state index contributed by atoms with van der Waals surface area (Å²) in [7, 11) is -3.88. The molecule has 0 spiro atoms. The van der Waals surface area contributed by atoms with Crippen LogP contribution >= 0.6 is 0 Å². The minimum atomic E-state index is -3.88.